The molecule has 3 rings (SSSR count). The van der Waals surface area contributed by atoms with Crippen molar-refractivity contribution in [1.82, 2.24) is 5.32 Å². The highest BCUT2D eigenvalue weighted by molar-refractivity contribution is 7.80. The van der Waals surface area contributed by atoms with Crippen LogP contribution in [0.2, 0.25) is 0 Å². The number of rotatable bonds is 2. The Kier molecular flexibility index (Phi) is 5.40. The zero-order valence-electron chi connectivity index (χ0n) is 15.1. The lowest BCUT2D eigenvalue weighted by Crippen LogP contribution is -2.34. The monoisotopic (exact) mass is 383 g/mol. The Morgan fingerprint density at radius 3 is 2.85 bits per heavy atom. The second-order valence-corrected chi connectivity index (χ2v) is 8.41. The van der Waals surface area contributed by atoms with Gasteiger partial charge in [0.15, 0.2) is 5.11 Å². The Hall–Kier alpha value is -2.23. The predicted molar refractivity (Wildman–Crippen MR) is 110 cm³/mol. The van der Waals surface area contributed by atoms with E-state index >= 15 is 0 Å². The largest absolute Gasteiger partial charge is 0.323 e. The summed E-state index contributed by atoms with van der Waals surface area (Å²) in [6, 6.07) is 7.97. The lowest BCUT2D eigenvalue weighted by Gasteiger charge is -2.17. The number of hydrogen-bond acceptors (Lipinski definition) is 4. The van der Waals surface area contributed by atoms with Gasteiger partial charge in [-0.05, 0) is 68.4 Å². The molecule has 0 aliphatic heterocycles. The van der Waals surface area contributed by atoms with E-state index in [2.05, 4.69) is 23.6 Å². The van der Waals surface area contributed by atoms with E-state index in [-0.39, 0.29) is 11.0 Å². The highest BCUT2D eigenvalue weighted by Crippen LogP contribution is 2.39. The van der Waals surface area contributed by atoms with Gasteiger partial charge < -0.3 is 5.32 Å². The first kappa shape index (κ1) is 18.6. The third kappa shape index (κ3) is 3.79. The molecule has 1 aliphatic carbocycles. The van der Waals surface area contributed by atoms with Crippen LogP contribution in [0.15, 0.2) is 18.2 Å². The Labute approximate surface area is 163 Å². The summed E-state index contributed by atoms with van der Waals surface area (Å²) in [5.41, 5.74) is 4.42. The molecule has 0 saturated carbocycles. The second kappa shape index (κ2) is 7.56. The zero-order chi connectivity index (χ0) is 18.8. The molecule has 0 unspecified atom stereocenters. The minimum atomic E-state index is -0.242. The van der Waals surface area contributed by atoms with Gasteiger partial charge in [-0.2, -0.15) is 5.26 Å². The maximum Gasteiger partial charge on any atom is 0.257 e. The van der Waals surface area contributed by atoms with Crippen LogP contribution in [0.5, 0.6) is 0 Å². The maximum absolute atomic E-state index is 12.5. The number of aryl methyl sites for hydroxylation is 2. The van der Waals surface area contributed by atoms with Crippen molar-refractivity contribution in [2.24, 2.45) is 5.92 Å². The number of carbonyl (C=O) groups excluding carboxylic acids is 1. The fourth-order valence-electron chi connectivity index (χ4n) is 3.33. The summed E-state index contributed by atoms with van der Waals surface area (Å²) in [5.74, 6) is 0.394. The Morgan fingerprint density at radius 1 is 1.38 bits per heavy atom. The Morgan fingerprint density at radius 2 is 2.15 bits per heavy atom. The van der Waals surface area contributed by atoms with Crippen molar-refractivity contribution in [3.63, 3.8) is 0 Å². The van der Waals surface area contributed by atoms with Crippen LogP contribution in [-0.4, -0.2) is 11.0 Å². The van der Waals surface area contributed by atoms with Crippen LogP contribution < -0.4 is 10.6 Å². The first-order valence-electron chi connectivity index (χ1n) is 8.63. The number of thiophene rings is 1. The van der Waals surface area contributed by atoms with Crippen molar-refractivity contribution >= 4 is 39.6 Å². The molecule has 0 radical (unpaired) electrons. The van der Waals surface area contributed by atoms with Crippen LogP contribution in [0.4, 0.5) is 5.00 Å². The molecule has 1 aromatic heterocycles. The predicted octanol–water partition coefficient (Wildman–Crippen LogP) is 4.49. The molecule has 1 aromatic carbocycles. The molecule has 134 valence electrons. The van der Waals surface area contributed by atoms with E-state index in [1.165, 1.54) is 4.88 Å². The summed E-state index contributed by atoms with van der Waals surface area (Å²) in [6.07, 6.45) is 3.03. The maximum atomic E-state index is 12.5. The third-order valence-electron chi connectivity index (χ3n) is 4.70. The highest BCUT2D eigenvalue weighted by Gasteiger charge is 2.24. The third-order valence-corrected chi connectivity index (χ3v) is 6.08. The van der Waals surface area contributed by atoms with Crippen molar-refractivity contribution in [3.05, 3.63) is 50.9 Å². The first-order valence-corrected chi connectivity index (χ1v) is 9.85. The van der Waals surface area contributed by atoms with Gasteiger partial charge in [-0.15, -0.1) is 11.3 Å². The van der Waals surface area contributed by atoms with E-state index in [9.17, 15) is 10.1 Å². The SMILES string of the molecule is Cc1ccc(C(=O)NC(=S)Nc2sc3c(c2C#N)CC[C@@H](C)C3)c(C)c1. The summed E-state index contributed by atoms with van der Waals surface area (Å²) >= 11 is 6.88. The Bertz CT molecular complexity index is 924. The molecule has 2 aromatic rings. The molecule has 4 nitrogen and oxygen atoms in total. The van der Waals surface area contributed by atoms with Gasteiger partial charge in [-0.1, -0.05) is 24.6 Å². The summed E-state index contributed by atoms with van der Waals surface area (Å²) in [7, 11) is 0. The van der Waals surface area contributed by atoms with Crippen LogP contribution >= 0.6 is 23.6 Å². The number of fused-ring (bicyclic) bond motifs is 1. The van der Waals surface area contributed by atoms with Gasteiger partial charge in [0.05, 0.1) is 5.56 Å². The number of thiocarbonyl (C=S) groups is 1. The van der Waals surface area contributed by atoms with Crippen LogP contribution in [0.3, 0.4) is 0 Å². The van der Waals surface area contributed by atoms with Crippen molar-refractivity contribution < 1.29 is 4.79 Å². The number of carbonyl (C=O) groups is 1. The molecule has 1 atom stereocenters. The smallest absolute Gasteiger partial charge is 0.257 e. The minimum absolute atomic E-state index is 0.220. The van der Waals surface area contributed by atoms with E-state index in [0.29, 0.717) is 17.0 Å². The number of amides is 1. The molecule has 6 heteroatoms. The van der Waals surface area contributed by atoms with Crippen molar-refractivity contribution in [3.8, 4) is 6.07 Å². The lowest BCUT2D eigenvalue weighted by molar-refractivity contribution is 0.0977. The van der Waals surface area contributed by atoms with Crippen LogP contribution in [0, 0.1) is 31.1 Å². The van der Waals surface area contributed by atoms with Gasteiger partial charge >= 0.3 is 0 Å². The van der Waals surface area contributed by atoms with E-state index in [0.717, 1.165) is 41.0 Å². The van der Waals surface area contributed by atoms with Crippen molar-refractivity contribution in [2.45, 2.75) is 40.0 Å². The molecule has 1 heterocycles. The molecule has 0 spiro atoms. The quantitative estimate of drug-likeness (QED) is 0.750. The summed E-state index contributed by atoms with van der Waals surface area (Å²) in [5, 5.41) is 16.3. The Balaban J connectivity index is 1.74. The standard InChI is InChI=1S/C20H21N3OS2/c1-11-4-6-14(13(3)8-11)18(24)22-20(25)23-19-16(10-21)15-7-5-12(2)9-17(15)26-19/h4,6,8,12H,5,7,9H2,1-3H3,(H2,22,23,24,25)/t12-/m1/s1. The number of nitrogens with one attached hydrogen (secondary N) is 2. The van der Waals surface area contributed by atoms with E-state index < -0.39 is 0 Å². The topological polar surface area (TPSA) is 64.9 Å². The van der Waals surface area contributed by atoms with Gasteiger partial charge in [0, 0.05) is 10.4 Å². The van der Waals surface area contributed by atoms with Crippen LogP contribution in [0.1, 0.15) is 50.8 Å². The summed E-state index contributed by atoms with van der Waals surface area (Å²) in [4.78, 5) is 13.7. The normalized spacial score (nSPS) is 15.7. The average molecular weight is 384 g/mol. The number of hydrogen-bond donors (Lipinski definition) is 2. The molecule has 26 heavy (non-hydrogen) atoms. The molecular formula is C20H21N3OS2. The molecular weight excluding hydrogens is 362 g/mol. The van der Waals surface area contributed by atoms with E-state index in [1.54, 1.807) is 17.4 Å². The van der Waals surface area contributed by atoms with Crippen molar-refractivity contribution in [2.75, 3.05) is 5.32 Å². The average Bonchev–Trinajstić information content (AvgIpc) is 2.90. The van der Waals surface area contributed by atoms with Crippen LogP contribution in [0.25, 0.3) is 0 Å². The minimum Gasteiger partial charge on any atom is -0.323 e. The lowest BCUT2D eigenvalue weighted by atomic mass is 9.89. The zero-order valence-corrected chi connectivity index (χ0v) is 16.7. The molecule has 0 bridgehead atoms. The molecule has 0 saturated heterocycles. The number of anilines is 1. The fourth-order valence-corrected chi connectivity index (χ4v) is 4.96. The number of nitrogens with zero attached hydrogens (tertiary/aromatic N) is 1. The van der Waals surface area contributed by atoms with E-state index in [4.69, 9.17) is 12.2 Å². The molecule has 1 aliphatic rings. The summed E-state index contributed by atoms with van der Waals surface area (Å²) in [6.45, 7) is 6.13. The van der Waals surface area contributed by atoms with Crippen LogP contribution in [-0.2, 0) is 12.8 Å². The van der Waals surface area contributed by atoms with E-state index in [1.807, 2.05) is 26.0 Å². The first-order chi connectivity index (χ1) is 12.4. The number of nitriles is 1. The highest BCUT2D eigenvalue weighted by atomic mass is 32.1. The summed E-state index contributed by atoms with van der Waals surface area (Å²) < 4.78 is 0. The molecule has 0 fully saturated rings. The van der Waals surface area contributed by atoms with Gasteiger partial charge in [-0.3, -0.25) is 10.1 Å². The fraction of sp³-hybridized carbons (Fsp3) is 0.350. The molecule has 2 N–H and O–H groups in total. The van der Waals surface area contributed by atoms with Gasteiger partial charge in [0.1, 0.15) is 11.1 Å². The van der Waals surface area contributed by atoms with Gasteiger partial charge in [0.25, 0.3) is 5.91 Å². The van der Waals surface area contributed by atoms with Gasteiger partial charge in [0.2, 0.25) is 0 Å². The van der Waals surface area contributed by atoms with Crippen molar-refractivity contribution in [1.29, 1.82) is 5.26 Å². The van der Waals surface area contributed by atoms with Gasteiger partial charge in [-0.25, -0.2) is 0 Å². The number of benzene rings is 1. The molecule has 1 amide bonds. The second-order valence-electron chi connectivity index (χ2n) is 6.89.